The Hall–Kier alpha value is -2.35. The van der Waals surface area contributed by atoms with E-state index in [9.17, 15) is 9.90 Å². The number of nitriles is 1. The number of rotatable bonds is 6. The van der Waals surface area contributed by atoms with Crippen LogP contribution in [0, 0.1) is 25.2 Å². The lowest BCUT2D eigenvalue weighted by molar-refractivity contribution is -0.137. The number of aliphatic carboxylic acids is 1. The highest BCUT2D eigenvalue weighted by Crippen LogP contribution is 2.23. The summed E-state index contributed by atoms with van der Waals surface area (Å²) >= 11 is 6.02. The van der Waals surface area contributed by atoms with Gasteiger partial charge in [-0.2, -0.15) is 5.26 Å². The van der Waals surface area contributed by atoms with Gasteiger partial charge in [-0.1, -0.05) is 23.7 Å². The van der Waals surface area contributed by atoms with E-state index in [1.54, 1.807) is 12.1 Å². The molecule has 2 aromatic rings. The molecular formula is C19H19ClN2O2. The van der Waals surface area contributed by atoms with Crippen LogP contribution in [0.15, 0.2) is 36.4 Å². The van der Waals surface area contributed by atoms with Crippen LogP contribution in [0.3, 0.4) is 0 Å². The maximum atomic E-state index is 11.2. The van der Waals surface area contributed by atoms with Crippen LogP contribution in [0.1, 0.15) is 40.3 Å². The lowest BCUT2D eigenvalue weighted by Gasteiger charge is -2.20. The van der Waals surface area contributed by atoms with E-state index in [-0.39, 0.29) is 12.5 Å². The van der Waals surface area contributed by atoms with Crippen LogP contribution in [0.2, 0.25) is 5.02 Å². The molecule has 0 spiro atoms. The number of hydrogen-bond donors (Lipinski definition) is 2. The van der Waals surface area contributed by atoms with Gasteiger partial charge in [0, 0.05) is 17.6 Å². The molecule has 0 heterocycles. The van der Waals surface area contributed by atoms with Crippen molar-refractivity contribution in [1.82, 2.24) is 5.32 Å². The van der Waals surface area contributed by atoms with Crippen molar-refractivity contribution in [2.75, 3.05) is 0 Å². The van der Waals surface area contributed by atoms with E-state index in [4.69, 9.17) is 16.9 Å². The third-order valence-electron chi connectivity index (χ3n) is 3.98. The van der Waals surface area contributed by atoms with E-state index < -0.39 is 5.97 Å². The van der Waals surface area contributed by atoms with E-state index in [0.717, 1.165) is 22.3 Å². The number of carbonyl (C=O) groups is 1. The quantitative estimate of drug-likeness (QED) is 0.827. The van der Waals surface area contributed by atoms with Crippen LogP contribution in [0.4, 0.5) is 0 Å². The fourth-order valence-electron chi connectivity index (χ4n) is 2.77. The van der Waals surface area contributed by atoms with Gasteiger partial charge in [-0.05, 0) is 60.4 Å². The first-order valence-corrected chi connectivity index (χ1v) is 7.99. The van der Waals surface area contributed by atoms with Crippen LogP contribution >= 0.6 is 11.6 Å². The molecule has 0 aromatic heterocycles. The monoisotopic (exact) mass is 342 g/mol. The van der Waals surface area contributed by atoms with Crippen molar-refractivity contribution >= 4 is 17.6 Å². The molecule has 0 saturated carbocycles. The molecule has 0 fully saturated rings. The first-order chi connectivity index (χ1) is 11.4. The fraction of sp³-hybridized carbons (Fsp3) is 0.263. The molecule has 0 aliphatic carbocycles. The predicted molar refractivity (Wildman–Crippen MR) is 93.9 cm³/mol. The molecule has 2 aromatic carbocycles. The highest BCUT2D eigenvalue weighted by molar-refractivity contribution is 6.30. The summed E-state index contributed by atoms with van der Waals surface area (Å²) in [5.74, 6) is -0.874. The Kier molecular flexibility index (Phi) is 5.97. The minimum absolute atomic E-state index is 0.0330. The van der Waals surface area contributed by atoms with Gasteiger partial charge < -0.3 is 10.4 Å². The summed E-state index contributed by atoms with van der Waals surface area (Å²) in [6, 6.07) is 12.7. The highest BCUT2D eigenvalue weighted by atomic mass is 35.5. The van der Waals surface area contributed by atoms with E-state index in [1.807, 2.05) is 38.1 Å². The molecule has 124 valence electrons. The van der Waals surface area contributed by atoms with Crippen molar-refractivity contribution < 1.29 is 9.90 Å². The fourth-order valence-corrected chi connectivity index (χ4v) is 2.97. The zero-order valence-electron chi connectivity index (χ0n) is 13.6. The maximum Gasteiger partial charge on any atom is 0.305 e. The smallest absolute Gasteiger partial charge is 0.305 e. The summed E-state index contributed by atoms with van der Waals surface area (Å²) in [6.45, 7) is 4.43. The van der Waals surface area contributed by atoms with Crippen molar-refractivity contribution in [3.05, 3.63) is 69.2 Å². The van der Waals surface area contributed by atoms with Crippen LogP contribution in [-0.4, -0.2) is 11.1 Å². The van der Waals surface area contributed by atoms with Crippen molar-refractivity contribution in [3.8, 4) is 6.07 Å². The minimum Gasteiger partial charge on any atom is -0.481 e. The summed E-state index contributed by atoms with van der Waals surface area (Å²) in [7, 11) is 0. The number of carboxylic acid groups (broad SMARTS) is 1. The van der Waals surface area contributed by atoms with E-state index >= 15 is 0 Å². The average molecular weight is 343 g/mol. The summed E-state index contributed by atoms with van der Waals surface area (Å²) in [5.41, 5.74) is 4.57. The Labute approximate surface area is 146 Å². The van der Waals surface area contributed by atoms with E-state index in [2.05, 4.69) is 11.4 Å². The first-order valence-electron chi connectivity index (χ1n) is 7.61. The molecule has 0 unspecified atom stereocenters. The zero-order valence-corrected chi connectivity index (χ0v) is 14.4. The van der Waals surface area contributed by atoms with Gasteiger partial charge in [-0.25, -0.2) is 0 Å². The molecule has 0 aliphatic rings. The predicted octanol–water partition coefficient (Wildman–Crippen LogP) is 4.13. The van der Waals surface area contributed by atoms with Gasteiger partial charge in [0.05, 0.1) is 18.1 Å². The molecule has 0 saturated heterocycles. The molecule has 0 bridgehead atoms. The lowest BCUT2D eigenvalue weighted by Crippen LogP contribution is -2.24. The highest BCUT2D eigenvalue weighted by Gasteiger charge is 2.16. The number of carboxylic acids is 1. The Bertz CT molecular complexity index is 773. The molecule has 5 heteroatoms. The van der Waals surface area contributed by atoms with Gasteiger partial charge >= 0.3 is 5.97 Å². The molecule has 2 rings (SSSR count). The molecule has 0 aliphatic heterocycles. The number of aryl methyl sites for hydroxylation is 2. The second kappa shape index (κ2) is 7.96. The van der Waals surface area contributed by atoms with Gasteiger partial charge in [0.15, 0.2) is 0 Å². The standard InChI is InChI=1S/C19H19ClN2O2/c1-12-6-14(10-21)7-13(2)17(12)11-22-18(9-19(23)24)15-4-3-5-16(20)8-15/h3-8,18,22H,9,11H2,1-2H3,(H,23,24)/t18-/m1/s1. The second-order valence-electron chi connectivity index (χ2n) is 5.79. The van der Waals surface area contributed by atoms with Gasteiger partial charge in [-0.15, -0.1) is 0 Å². The SMILES string of the molecule is Cc1cc(C#N)cc(C)c1CN[C@H](CC(=O)O)c1cccc(Cl)c1. The number of benzene rings is 2. The summed E-state index contributed by atoms with van der Waals surface area (Å²) in [4.78, 5) is 11.2. The molecule has 0 radical (unpaired) electrons. The maximum absolute atomic E-state index is 11.2. The first kappa shape index (κ1) is 18.0. The second-order valence-corrected chi connectivity index (χ2v) is 6.22. The van der Waals surface area contributed by atoms with Gasteiger partial charge in [-0.3, -0.25) is 4.79 Å². The Balaban J connectivity index is 2.23. The number of hydrogen-bond acceptors (Lipinski definition) is 3. The Morgan fingerprint density at radius 1 is 1.29 bits per heavy atom. The number of nitrogens with one attached hydrogen (secondary N) is 1. The molecule has 0 amide bonds. The minimum atomic E-state index is -0.874. The van der Waals surface area contributed by atoms with Crippen LogP contribution in [-0.2, 0) is 11.3 Å². The van der Waals surface area contributed by atoms with E-state index in [0.29, 0.717) is 17.1 Å². The van der Waals surface area contributed by atoms with Crippen LogP contribution in [0.5, 0.6) is 0 Å². The normalized spacial score (nSPS) is 11.8. The molecule has 2 N–H and O–H groups in total. The Morgan fingerprint density at radius 2 is 1.96 bits per heavy atom. The molecule has 4 nitrogen and oxygen atoms in total. The summed E-state index contributed by atoms with van der Waals surface area (Å²) < 4.78 is 0. The number of nitrogens with zero attached hydrogens (tertiary/aromatic N) is 1. The molecule has 1 atom stereocenters. The van der Waals surface area contributed by atoms with E-state index in [1.165, 1.54) is 0 Å². The summed E-state index contributed by atoms with van der Waals surface area (Å²) in [5, 5.41) is 22.1. The molecular weight excluding hydrogens is 324 g/mol. The van der Waals surface area contributed by atoms with Crippen LogP contribution in [0.25, 0.3) is 0 Å². The van der Waals surface area contributed by atoms with Gasteiger partial charge in [0.1, 0.15) is 0 Å². The lowest BCUT2D eigenvalue weighted by atomic mass is 9.98. The summed E-state index contributed by atoms with van der Waals surface area (Å²) in [6.07, 6.45) is -0.0330. The van der Waals surface area contributed by atoms with Crippen molar-refractivity contribution in [1.29, 1.82) is 5.26 Å². The zero-order chi connectivity index (χ0) is 17.7. The Morgan fingerprint density at radius 3 is 2.50 bits per heavy atom. The third kappa shape index (κ3) is 4.58. The third-order valence-corrected chi connectivity index (χ3v) is 4.22. The van der Waals surface area contributed by atoms with Crippen molar-refractivity contribution in [3.63, 3.8) is 0 Å². The van der Waals surface area contributed by atoms with Crippen LogP contribution < -0.4 is 5.32 Å². The average Bonchev–Trinajstić information content (AvgIpc) is 2.52. The topological polar surface area (TPSA) is 73.1 Å². The number of halogens is 1. The van der Waals surface area contributed by atoms with Crippen molar-refractivity contribution in [2.24, 2.45) is 0 Å². The largest absolute Gasteiger partial charge is 0.481 e. The van der Waals surface area contributed by atoms with Gasteiger partial charge in [0.25, 0.3) is 0 Å². The van der Waals surface area contributed by atoms with Gasteiger partial charge in [0.2, 0.25) is 0 Å². The molecule has 24 heavy (non-hydrogen) atoms. The van der Waals surface area contributed by atoms with Crippen molar-refractivity contribution in [2.45, 2.75) is 32.9 Å².